The van der Waals surface area contributed by atoms with Gasteiger partial charge in [0.1, 0.15) is 17.1 Å². The minimum atomic E-state index is 0.126. The Kier molecular flexibility index (Phi) is 4.02. The third-order valence-electron chi connectivity index (χ3n) is 3.19. The van der Waals surface area contributed by atoms with Crippen molar-refractivity contribution >= 4 is 28.3 Å². The van der Waals surface area contributed by atoms with Crippen LogP contribution >= 0.6 is 11.6 Å². The summed E-state index contributed by atoms with van der Waals surface area (Å²) < 4.78 is 16.0. The van der Waals surface area contributed by atoms with E-state index in [4.69, 9.17) is 25.5 Å². The third-order valence-corrected chi connectivity index (χ3v) is 3.36. The van der Waals surface area contributed by atoms with E-state index in [1.165, 1.54) is 0 Å². The van der Waals surface area contributed by atoms with Gasteiger partial charge in [-0.3, -0.25) is 0 Å². The number of ether oxygens (including phenoxy) is 2. The maximum absolute atomic E-state index is 6.03. The van der Waals surface area contributed by atoms with Crippen molar-refractivity contribution < 1.29 is 13.9 Å². The number of hydrogen-bond donors (Lipinski definition) is 1. The molecule has 7 heteroatoms. The Morgan fingerprint density at radius 2 is 2.05 bits per heavy atom. The van der Waals surface area contributed by atoms with Crippen LogP contribution < -0.4 is 14.8 Å². The van der Waals surface area contributed by atoms with E-state index in [-0.39, 0.29) is 5.28 Å². The molecule has 1 N–H and O–H groups in total. The van der Waals surface area contributed by atoms with E-state index in [0.717, 1.165) is 11.1 Å². The Labute approximate surface area is 132 Å². The SMILES string of the molecule is COc1ccc2c(NCc3ccco3)nc(Cl)nc2c1OC. The molecule has 22 heavy (non-hydrogen) atoms. The van der Waals surface area contributed by atoms with Crippen molar-refractivity contribution in [3.05, 3.63) is 41.6 Å². The smallest absolute Gasteiger partial charge is 0.225 e. The lowest BCUT2D eigenvalue weighted by Crippen LogP contribution is -2.03. The molecule has 0 unspecified atom stereocenters. The number of aromatic nitrogens is 2. The molecule has 3 aromatic rings. The van der Waals surface area contributed by atoms with E-state index >= 15 is 0 Å². The first-order valence-corrected chi connectivity index (χ1v) is 6.95. The molecule has 0 atom stereocenters. The topological polar surface area (TPSA) is 69.4 Å². The Bertz CT molecular complexity index is 790. The molecule has 114 valence electrons. The predicted molar refractivity (Wildman–Crippen MR) is 83.7 cm³/mol. The zero-order valence-corrected chi connectivity index (χ0v) is 12.8. The normalized spacial score (nSPS) is 10.7. The summed E-state index contributed by atoms with van der Waals surface area (Å²) in [6.07, 6.45) is 1.62. The Hall–Kier alpha value is -2.47. The molecule has 0 spiro atoms. The Morgan fingerprint density at radius 3 is 2.73 bits per heavy atom. The van der Waals surface area contributed by atoms with Crippen molar-refractivity contribution in [1.82, 2.24) is 9.97 Å². The van der Waals surface area contributed by atoms with Crippen molar-refractivity contribution in [3.8, 4) is 11.5 Å². The molecule has 0 amide bonds. The first-order chi connectivity index (χ1) is 10.7. The fourth-order valence-electron chi connectivity index (χ4n) is 2.20. The molecular formula is C15H14ClN3O3. The fourth-order valence-corrected chi connectivity index (χ4v) is 2.37. The second-order valence-electron chi connectivity index (χ2n) is 4.47. The minimum absolute atomic E-state index is 0.126. The highest BCUT2D eigenvalue weighted by atomic mass is 35.5. The molecule has 3 rings (SSSR count). The van der Waals surface area contributed by atoms with Crippen molar-refractivity contribution in [2.75, 3.05) is 19.5 Å². The first-order valence-electron chi connectivity index (χ1n) is 6.57. The highest BCUT2D eigenvalue weighted by Crippen LogP contribution is 2.37. The number of hydrogen-bond acceptors (Lipinski definition) is 6. The lowest BCUT2D eigenvalue weighted by Gasteiger charge is -2.13. The van der Waals surface area contributed by atoms with Gasteiger partial charge in [0.05, 0.1) is 27.0 Å². The van der Waals surface area contributed by atoms with Gasteiger partial charge in [0.25, 0.3) is 0 Å². The number of halogens is 1. The van der Waals surface area contributed by atoms with E-state index in [0.29, 0.717) is 29.4 Å². The predicted octanol–water partition coefficient (Wildman–Crippen LogP) is 3.51. The maximum atomic E-state index is 6.03. The molecule has 0 aliphatic rings. The maximum Gasteiger partial charge on any atom is 0.225 e. The summed E-state index contributed by atoms with van der Waals surface area (Å²) in [5, 5.41) is 4.11. The molecule has 0 aliphatic carbocycles. The summed E-state index contributed by atoms with van der Waals surface area (Å²) in [6, 6.07) is 7.37. The average molecular weight is 320 g/mol. The first kappa shape index (κ1) is 14.5. The van der Waals surface area contributed by atoms with Crippen molar-refractivity contribution in [2.45, 2.75) is 6.54 Å². The third kappa shape index (κ3) is 2.65. The number of rotatable bonds is 5. The van der Waals surface area contributed by atoms with E-state index in [1.54, 1.807) is 26.5 Å². The van der Waals surface area contributed by atoms with Crippen molar-refractivity contribution in [3.63, 3.8) is 0 Å². The number of nitrogens with one attached hydrogen (secondary N) is 1. The summed E-state index contributed by atoms with van der Waals surface area (Å²) in [5.41, 5.74) is 0.587. The van der Waals surface area contributed by atoms with Crippen LogP contribution in [0.25, 0.3) is 10.9 Å². The van der Waals surface area contributed by atoms with Crippen LogP contribution in [0.1, 0.15) is 5.76 Å². The molecule has 2 aromatic heterocycles. The van der Waals surface area contributed by atoms with Gasteiger partial charge in [0, 0.05) is 5.39 Å². The molecule has 2 heterocycles. The van der Waals surface area contributed by atoms with E-state index < -0.39 is 0 Å². The lowest BCUT2D eigenvalue weighted by atomic mass is 10.2. The van der Waals surface area contributed by atoms with Gasteiger partial charge >= 0.3 is 0 Å². The minimum Gasteiger partial charge on any atom is -0.493 e. The number of furan rings is 1. The Morgan fingerprint density at radius 1 is 1.18 bits per heavy atom. The summed E-state index contributed by atoms with van der Waals surface area (Å²) in [6.45, 7) is 0.490. The molecule has 0 bridgehead atoms. The lowest BCUT2D eigenvalue weighted by molar-refractivity contribution is 0.358. The quantitative estimate of drug-likeness (QED) is 0.726. The van der Waals surface area contributed by atoms with Gasteiger partial charge in [0.15, 0.2) is 11.5 Å². The van der Waals surface area contributed by atoms with Gasteiger partial charge in [-0.15, -0.1) is 0 Å². The molecule has 0 aliphatic heterocycles. The van der Waals surface area contributed by atoms with Crippen LogP contribution in [0, 0.1) is 0 Å². The number of methoxy groups -OCH3 is 2. The molecule has 0 fully saturated rings. The number of nitrogens with zero attached hydrogens (tertiary/aromatic N) is 2. The van der Waals surface area contributed by atoms with E-state index in [9.17, 15) is 0 Å². The largest absolute Gasteiger partial charge is 0.493 e. The highest BCUT2D eigenvalue weighted by molar-refractivity contribution is 6.29. The number of benzene rings is 1. The standard InChI is InChI=1S/C15H14ClN3O3/c1-20-11-6-5-10-12(13(11)21-2)18-15(16)19-14(10)17-8-9-4-3-7-22-9/h3-7H,8H2,1-2H3,(H,17,18,19). The van der Waals surface area contributed by atoms with Crippen LogP contribution in [0.15, 0.2) is 34.9 Å². The zero-order valence-electron chi connectivity index (χ0n) is 12.1. The molecule has 0 saturated heterocycles. The number of anilines is 1. The second kappa shape index (κ2) is 6.11. The summed E-state index contributed by atoms with van der Waals surface area (Å²) >= 11 is 6.03. The highest BCUT2D eigenvalue weighted by Gasteiger charge is 2.15. The van der Waals surface area contributed by atoms with Crippen LogP contribution in [0.4, 0.5) is 5.82 Å². The summed E-state index contributed by atoms with van der Waals surface area (Å²) in [5.74, 6) is 2.50. The second-order valence-corrected chi connectivity index (χ2v) is 4.81. The van der Waals surface area contributed by atoms with Gasteiger partial charge < -0.3 is 19.2 Å². The van der Waals surface area contributed by atoms with Gasteiger partial charge in [-0.1, -0.05) is 0 Å². The van der Waals surface area contributed by atoms with Gasteiger partial charge in [-0.05, 0) is 35.9 Å². The zero-order chi connectivity index (χ0) is 15.5. The molecule has 0 radical (unpaired) electrons. The van der Waals surface area contributed by atoms with Crippen LogP contribution in [-0.2, 0) is 6.54 Å². The van der Waals surface area contributed by atoms with Gasteiger partial charge in [-0.25, -0.2) is 9.97 Å². The van der Waals surface area contributed by atoms with Crippen molar-refractivity contribution in [1.29, 1.82) is 0 Å². The van der Waals surface area contributed by atoms with Gasteiger partial charge in [0.2, 0.25) is 5.28 Å². The summed E-state index contributed by atoms with van der Waals surface area (Å²) in [4.78, 5) is 8.48. The van der Waals surface area contributed by atoms with Crippen LogP contribution in [0.2, 0.25) is 5.28 Å². The number of fused-ring (bicyclic) bond motifs is 1. The fraction of sp³-hybridized carbons (Fsp3) is 0.200. The molecule has 6 nitrogen and oxygen atoms in total. The molecule has 0 saturated carbocycles. The molecular weight excluding hydrogens is 306 g/mol. The Balaban J connectivity index is 2.06. The van der Waals surface area contributed by atoms with E-state index in [1.807, 2.05) is 18.2 Å². The van der Waals surface area contributed by atoms with Crippen LogP contribution in [-0.4, -0.2) is 24.2 Å². The summed E-state index contributed by atoms with van der Waals surface area (Å²) in [7, 11) is 3.13. The van der Waals surface area contributed by atoms with Crippen molar-refractivity contribution in [2.24, 2.45) is 0 Å². The van der Waals surface area contributed by atoms with Crippen LogP contribution in [0.3, 0.4) is 0 Å². The average Bonchev–Trinajstić information content (AvgIpc) is 3.04. The van der Waals surface area contributed by atoms with E-state index in [2.05, 4.69) is 15.3 Å². The monoisotopic (exact) mass is 319 g/mol. The van der Waals surface area contributed by atoms with Crippen LogP contribution in [0.5, 0.6) is 11.5 Å². The van der Waals surface area contributed by atoms with Gasteiger partial charge in [-0.2, -0.15) is 0 Å². The molecule has 1 aromatic carbocycles.